The van der Waals surface area contributed by atoms with Crippen molar-refractivity contribution in [1.29, 1.82) is 0 Å². The number of aromatic nitrogens is 3. The van der Waals surface area contributed by atoms with Crippen LogP contribution in [0.5, 0.6) is 0 Å². The number of piperidine rings is 1. The fraction of sp³-hybridized carbons (Fsp3) is 0.538. The number of imidazole rings is 1. The molecule has 2 aromatic heterocycles. The van der Waals surface area contributed by atoms with Crippen LogP contribution in [0, 0.1) is 0 Å². The molecular formula is C13H17BrClN5. The summed E-state index contributed by atoms with van der Waals surface area (Å²) >= 11 is 9.66. The number of anilines is 1. The van der Waals surface area contributed by atoms with Crippen LogP contribution >= 0.6 is 27.5 Å². The first-order chi connectivity index (χ1) is 9.58. The summed E-state index contributed by atoms with van der Waals surface area (Å²) in [6.45, 7) is 1.99. The lowest BCUT2D eigenvalue weighted by Gasteiger charge is -2.36. The zero-order valence-electron chi connectivity index (χ0n) is 11.6. The largest absolute Gasteiger partial charge is 0.355 e. The second kappa shape index (κ2) is 5.50. The van der Waals surface area contributed by atoms with E-state index in [9.17, 15) is 0 Å². The fourth-order valence-corrected chi connectivity index (χ4v) is 3.28. The molecule has 2 aromatic rings. The molecule has 0 aromatic carbocycles. The predicted molar refractivity (Wildman–Crippen MR) is 84.6 cm³/mol. The molecule has 1 fully saturated rings. The highest BCUT2D eigenvalue weighted by Crippen LogP contribution is 2.30. The summed E-state index contributed by atoms with van der Waals surface area (Å²) in [7, 11) is 4.29. The Hall–Kier alpha value is -0.850. The fourth-order valence-electron chi connectivity index (χ4n) is 2.74. The normalized spacial score (nSPS) is 17.4. The van der Waals surface area contributed by atoms with Crippen molar-refractivity contribution in [2.75, 3.05) is 32.1 Å². The van der Waals surface area contributed by atoms with Gasteiger partial charge in [0, 0.05) is 19.1 Å². The van der Waals surface area contributed by atoms with Crippen molar-refractivity contribution in [3.05, 3.63) is 22.3 Å². The molecular weight excluding hydrogens is 342 g/mol. The van der Waals surface area contributed by atoms with Gasteiger partial charge in [-0.3, -0.25) is 4.40 Å². The third kappa shape index (κ3) is 2.40. The lowest BCUT2D eigenvalue weighted by molar-refractivity contribution is 0.249. The molecule has 0 atom stereocenters. The van der Waals surface area contributed by atoms with Gasteiger partial charge < -0.3 is 9.80 Å². The van der Waals surface area contributed by atoms with Crippen molar-refractivity contribution in [2.45, 2.75) is 18.9 Å². The summed E-state index contributed by atoms with van der Waals surface area (Å²) < 4.78 is 2.68. The highest BCUT2D eigenvalue weighted by Gasteiger charge is 2.24. The van der Waals surface area contributed by atoms with E-state index < -0.39 is 0 Å². The first-order valence-electron chi connectivity index (χ1n) is 6.66. The third-order valence-electron chi connectivity index (χ3n) is 3.95. The third-order valence-corrected chi connectivity index (χ3v) is 5.20. The zero-order chi connectivity index (χ0) is 14.3. The molecule has 0 radical (unpaired) electrons. The van der Waals surface area contributed by atoms with Gasteiger partial charge in [0.05, 0.1) is 6.20 Å². The summed E-state index contributed by atoms with van der Waals surface area (Å²) in [4.78, 5) is 13.3. The maximum absolute atomic E-state index is 6.21. The molecule has 0 saturated carbocycles. The van der Waals surface area contributed by atoms with Gasteiger partial charge in [-0.2, -0.15) is 0 Å². The maximum atomic E-state index is 6.21. The van der Waals surface area contributed by atoms with Crippen LogP contribution in [0.2, 0.25) is 5.15 Å². The minimum Gasteiger partial charge on any atom is -0.355 e. The summed E-state index contributed by atoms with van der Waals surface area (Å²) in [6.07, 6.45) is 5.87. The minimum absolute atomic E-state index is 0.472. The lowest BCUT2D eigenvalue weighted by Crippen LogP contribution is -2.42. The second-order valence-electron chi connectivity index (χ2n) is 5.35. The van der Waals surface area contributed by atoms with Crippen molar-refractivity contribution in [3.63, 3.8) is 0 Å². The number of hydrogen-bond donors (Lipinski definition) is 0. The molecule has 20 heavy (non-hydrogen) atoms. The van der Waals surface area contributed by atoms with Crippen LogP contribution in [0.4, 0.5) is 5.82 Å². The van der Waals surface area contributed by atoms with Gasteiger partial charge in [0.2, 0.25) is 0 Å². The van der Waals surface area contributed by atoms with Crippen molar-refractivity contribution in [2.24, 2.45) is 0 Å². The molecule has 5 nitrogen and oxygen atoms in total. The average molecular weight is 359 g/mol. The van der Waals surface area contributed by atoms with E-state index in [4.69, 9.17) is 11.6 Å². The molecule has 1 aliphatic rings. The van der Waals surface area contributed by atoms with Crippen molar-refractivity contribution in [3.8, 4) is 0 Å². The molecule has 1 aliphatic heterocycles. The SMILES string of the molecule is CN(C)C1CCN(c2nc(Cl)c(Br)n3cncc23)CC1. The van der Waals surface area contributed by atoms with E-state index in [0.29, 0.717) is 11.2 Å². The molecule has 108 valence electrons. The zero-order valence-corrected chi connectivity index (χ0v) is 13.9. The van der Waals surface area contributed by atoms with Crippen molar-refractivity contribution < 1.29 is 0 Å². The Morgan fingerprint density at radius 2 is 2.05 bits per heavy atom. The molecule has 3 rings (SSSR count). The van der Waals surface area contributed by atoms with E-state index in [0.717, 1.165) is 41.9 Å². The van der Waals surface area contributed by atoms with Crippen LogP contribution in [0.15, 0.2) is 17.1 Å². The minimum atomic E-state index is 0.472. The molecule has 0 bridgehead atoms. The van der Waals surface area contributed by atoms with Gasteiger partial charge in [0.1, 0.15) is 16.4 Å². The van der Waals surface area contributed by atoms with Crippen LogP contribution in [-0.2, 0) is 0 Å². The molecule has 0 unspecified atom stereocenters. The summed E-state index contributed by atoms with van der Waals surface area (Å²) in [5.74, 6) is 0.924. The average Bonchev–Trinajstić information content (AvgIpc) is 2.92. The Morgan fingerprint density at radius 1 is 1.35 bits per heavy atom. The van der Waals surface area contributed by atoms with E-state index in [1.165, 1.54) is 0 Å². The molecule has 7 heteroatoms. The summed E-state index contributed by atoms with van der Waals surface area (Å²) in [6, 6.07) is 0.651. The van der Waals surface area contributed by atoms with Crippen molar-refractivity contribution in [1.82, 2.24) is 19.3 Å². The summed E-state index contributed by atoms with van der Waals surface area (Å²) in [5, 5.41) is 0.472. The molecule has 0 aliphatic carbocycles. The predicted octanol–water partition coefficient (Wildman–Crippen LogP) is 2.68. The summed E-state index contributed by atoms with van der Waals surface area (Å²) in [5.41, 5.74) is 0.990. The first kappa shape index (κ1) is 14.1. The Kier molecular flexibility index (Phi) is 3.88. The molecule has 0 amide bonds. The van der Waals surface area contributed by atoms with E-state index in [-0.39, 0.29) is 0 Å². The van der Waals surface area contributed by atoms with E-state index in [2.05, 4.69) is 49.8 Å². The Balaban J connectivity index is 1.92. The van der Waals surface area contributed by atoms with Gasteiger partial charge in [0.15, 0.2) is 11.0 Å². The van der Waals surface area contributed by atoms with Crippen LogP contribution in [0.3, 0.4) is 0 Å². The molecule has 0 N–H and O–H groups in total. The Bertz CT molecular complexity index is 618. The molecule has 0 spiro atoms. The topological polar surface area (TPSA) is 36.7 Å². The van der Waals surface area contributed by atoms with E-state index in [1.807, 2.05) is 10.6 Å². The smallest absolute Gasteiger partial charge is 0.162 e. The van der Waals surface area contributed by atoms with Gasteiger partial charge in [0.25, 0.3) is 0 Å². The monoisotopic (exact) mass is 357 g/mol. The Labute approximate surface area is 131 Å². The van der Waals surface area contributed by atoms with Crippen LogP contribution in [0.25, 0.3) is 5.52 Å². The lowest BCUT2D eigenvalue weighted by atomic mass is 10.0. The number of rotatable bonds is 2. The van der Waals surface area contributed by atoms with E-state index >= 15 is 0 Å². The first-order valence-corrected chi connectivity index (χ1v) is 7.83. The van der Waals surface area contributed by atoms with Gasteiger partial charge in [-0.15, -0.1) is 0 Å². The van der Waals surface area contributed by atoms with Crippen LogP contribution in [0.1, 0.15) is 12.8 Å². The highest BCUT2D eigenvalue weighted by atomic mass is 79.9. The molecule has 3 heterocycles. The van der Waals surface area contributed by atoms with Crippen molar-refractivity contribution >= 4 is 38.9 Å². The van der Waals surface area contributed by atoms with Crippen LogP contribution < -0.4 is 4.90 Å². The second-order valence-corrected chi connectivity index (χ2v) is 6.46. The number of fused-ring (bicyclic) bond motifs is 1. The molecule has 1 saturated heterocycles. The van der Waals surface area contributed by atoms with Crippen LogP contribution in [-0.4, -0.2) is 52.5 Å². The number of halogens is 2. The number of nitrogens with zero attached hydrogens (tertiary/aromatic N) is 5. The van der Waals surface area contributed by atoms with Gasteiger partial charge in [-0.25, -0.2) is 9.97 Å². The quantitative estimate of drug-likeness (QED) is 0.827. The maximum Gasteiger partial charge on any atom is 0.162 e. The standard InChI is InChI=1S/C13H17BrClN5/c1-18(2)9-3-5-19(6-4-9)13-10-7-16-8-20(10)11(14)12(15)17-13/h7-9H,3-6H2,1-2H3. The Morgan fingerprint density at radius 3 is 2.70 bits per heavy atom. The van der Waals surface area contributed by atoms with Gasteiger partial charge in [-0.05, 0) is 42.9 Å². The van der Waals surface area contributed by atoms with E-state index in [1.54, 1.807) is 6.33 Å². The van der Waals surface area contributed by atoms with Gasteiger partial charge in [-0.1, -0.05) is 11.6 Å². The highest BCUT2D eigenvalue weighted by molar-refractivity contribution is 9.10. The number of hydrogen-bond acceptors (Lipinski definition) is 4. The van der Waals surface area contributed by atoms with Gasteiger partial charge >= 0.3 is 0 Å².